The van der Waals surface area contributed by atoms with E-state index in [1.165, 1.54) is 97.0 Å². The van der Waals surface area contributed by atoms with Crippen LogP contribution in [0.5, 0.6) is 0 Å². The Bertz CT molecular complexity index is 3970. The summed E-state index contributed by atoms with van der Waals surface area (Å²) in [4.78, 5) is 5.60. The van der Waals surface area contributed by atoms with Gasteiger partial charge in [-0.05, 0) is 95.2 Å². The summed E-state index contributed by atoms with van der Waals surface area (Å²) in [6, 6.07) is 80.9. The molecule has 3 heterocycles. The molecule has 1 aliphatic rings. The van der Waals surface area contributed by atoms with Gasteiger partial charge in [-0.1, -0.05) is 200 Å². The molecule has 0 radical (unpaired) electrons. The van der Waals surface area contributed by atoms with Crippen LogP contribution in [0.4, 0.5) is 0 Å². The lowest BCUT2D eigenvalue weighted by atomic mass is 9.67. The molecule has 0 saturated heterocycles. The third-order valence-electron chi connectivity index (χ3n) is 13.9. The minimum absolute atomic E-state index is 0.447. The molecule has 0 amide bonds. The van der Waals surface area contributed by atoms with Gasteiger partial charge in [0, 0.05) is 20.9 Å². The smallest absolute Gasteiger partial charge is 0.156 e. The van der Waals surface area contributed by atoms with Crippen LogP contribution in [0.15, 0.2) is 218 Å². The zero-order chi connectivity index (χ0) is 41.2. The number of nitrogens with zero attached hydrogens (tertiary/aromatic N) is 2. The maximum atomic E-state index is 5.60. The van der Waals surface area contributed by atoms with Crippen LogP contribution in [0.3, 0.4) is 0 Å². The highest BCUT2D eigenvalue weighted by molar-refractivity contribution is 7.26. The maximum Gasteiger partial charge on any atom is 0.156 e. The number of hydrogen-bond donors (Lipinski definition) is 0. The summed E-state index contributed by atoms with van der Waals surface area (Å²) in [5.41, 5.74) is 15.2. The van der Waals surface area contributed by atoms with E-state index in [9.17, 15) is 0 Å². The standard InChI is InChI=1S/C60H36N2S/c1-3-16-41(17-4-1)60(42-18-5-2-6-19-42)50-24-12-11-22-48(50)55-44(23-13-25-51(55)60)39-26-28-40(29-27-39)53-36-49-56-45-21-10-8-15-38(45)31-35-54(56)63-58(49)59-61-57-47-32-30-37-14-7-9-20-43(37)46(47)33-34-52(57)62(53)59/h1-36H. The lowest BCUT2D eigenvalue weighted by Crippen LogP contribution is -2.28. The highest BCUT2D eigenvalue weighted by atomic mass is 32.1. The Morgan fingerprint density at radius 2 is 1.05 bits per heavy atom. The van der Waals surface area contributed by atoms with Crippen LogP contribution in [0.1, 0.15) is 22.3 Å². The van der Waals surface area contributed by atoms with Gasteiger partial charge in [0.1, 0.15) is 0 Å². The molecule has 0 bridgehead atoms. The molecule has 0 unspecified atom stereocenters. The first kappa shape index (κ1) is 34.8. The third-order valence-corrected chi connectivity index (χ3v) is 15.0. The fourth-order valence-electron chi connectivity index (χ4n) is 11.2. The molecule has 2 nitrogen and oxygen atoms in total. The fraction of sp³-hybridized carbons (Fsp3) is 0.0167. The summed E-state index contributed by atoms with van der Waals surface area (Å²) in [6.45, 7) is 0. The van der Waals surface area contributed by atoms with Crippen molar-refractivity contribution in [2.45, 2.75) is 5.41 Å². The predicted molar refractivity (Wildman–Crippen MR) is 266 cm³/mol. The molecule has 63 heavy (non-hydrogen) atoms. The number of imidazole rings is 1. The van der Waals surface area contributed by atoms with Crippen molar-refractivity contribution in [1.29, 1.82) is 0 Å². The number of hydrogen-bond acceptors (Lipinski definition) is 2. The third kappa shape index (κ3) is 4.75. The van der Waals surface area contributed by atoms with Crippen molar-refractivity contribution in [3.63, 3.8) is 0 Å². The van der Waals surface area contributed by atoms with Gasteiger partial charge in [-0.15, -0.1) is 11.3 Å². The number of fused-ring (bicyclic) bond motifs is 16. The van der Waals surface area contributed by atoms with Gasteiger partial charge in [0.15, 0.2) is 5.65 Å². The van der Waals surface area contributed by atoms with E-state index in [-0.39, 0.29) is 0 Å². The molecule has 13 aromatic rings. The molecular weight excluding hydrogens is 781 g/mol. The quantitative estimate of drug-likeness (QED) is 0.162. The molecule has 292 valence electrons. The molecular formula is C60H36N2S. The molecule has 0 N–H and O–H groups in total. The number of benzene rings is 10. The van der Waals surface area contributed by atoms with Gasteiger partial charge in [0.05, 0.1) is 26.8 Å². The summed E-state index contributed by atoms with van der Waals surface area (Å²) in [7, 11) is 0. The molecule has 0 saturated carbocycles. The van der Waals surface area contributed by atoms with Crippen molar-refractivity contribution in [3.8, 4) is 33.5 Å². The SMILES string of the molecule is c1ccc(C2(c3ccccc3)c3ccccc3-c3c(-c4ccc(-c5cc6c(sc7ccc8ccccc8c76)c6nc7c8ccc9ccccc9c8ccc7n56)cc4)cccc32)cc1. The van der Waals surface area contributed by atoms with Crippen LogP contribution in [0.2, 0.25) is 0 Å². The summed E-state index contributed by atoms with van der Waals surface area (Å²) >= 11 is 1.85. The van der Waals surface area contributed by atoms with E-state index in [4.69, 9.17) is 4.98 Å². The molecule has 0 fully saturated rings. The minimum Gasteiger partial charge on any atom is -0.291 e. The van der Waals surface area contributed by atoms with Crippen LogP contribution in [-0.4, -0.2) is 9.38 Å². The number of pyridine rings is 1. The van der Waals surface area contributed by atoms with Gasteiger partial charge < -0.3 is 0 Å². The number of thiophene rings is 1. The summed E-state index contributed by atoms with van der Waals surface area (Å²) < 4.78 is 4.91. The molecule has 0 atom stereocenters. The van der Waals surface area contributed by atoms with Crippen molar-refractivity contribution in [1.82, 2.24) is 9.38 Å². The second kappa shape index (κ2) is 13.1. The fourth-order valence-corrected chi connectivity index (χ4v) is 12.4. The van der Waals surface area contributed by atoms with Crippen molar-refractivity contribution in [2.24, 2.45) is 0 Å². The molecule has 1 aliphatic carbocycles. The second-order valence-corrected chi connectivity index (χ2v) is 18.0. The molecule has 14 rings (SSSR count). The highest BCUT2D eigenvalue weighted by Gasteiger charge is 2.46. The lowest BCUT2D eigenvalue weighted by molar-refractivity contribution is 0.768. The van der Waals surface area contributed by atoms with Gasteiger partial charge in [0.2, 0.25) is 0 Å². The Hall–Kier alpha value is -7.85. The first-order valence-corrected chi connectivity index (χ1v) is 22.5. The van der Waals surface area contributed by atoms with Crippen molar-refractivity contribution >= 4 is 80.5 Å². The largest absolute Gasteiger partial charge is 0.291 e. The van der Waals surface area contributed by atoms with E-state index < -0.39 is 5.41 Å². The molecule has 0 aliphatic heterocycles. The summed E-state index contributed by atoms with van der Waals surface area (Å²) in [5, 5.41) is 9.98. The molecule has 3 heteroatoms. The van der Waals surface area contributed by atoms with Crippen molar-refractivity contribution < 1.29 is 0 Å². The Kier molecular flexibility index (Phi) is 7.23. The first-order chi connectivity index (χ1) is 31.3. The minimum atomic E-state index is -0.447. The van der Waals surface area contributed by atoms with Crippen LogP contribution >= 0.6 is 11.3 Å². The van der Waals surface area contributed by atoms with Gasteiger partial charge in [0.25, 0.3) is 0 Å². The average molecular weight is 817 g/mol. The zero-order valence-corrected chi connectivity index (χ0v) is 34.9. The molecule has 3 aromatic heterocycles. The lowest BCUT2D eigenvalue weighted by Gasteiger charge is -2.34. The Morgan fingerprint density at radius 1 is 0.429 bits per heavy atom. The summed E-state index contributed by atoms with van der Waals surface area (Å²) in [6.07, 6.45) is 0. The first-order valence-electron chi connectivity index (χ1n) is 21.7. The highest BCUT2D eigenvalue weighted by Crippen LogP contribution is 2.58. The zero-order valence-electron chi connectivity index (χ0n) is 34.1. The van der Waals surface area contributed by atoms with Gasteiger partial charge >= 0.3 is 0 Å². The van der Waals surface area contributed by atoms with E-state index >= 15 is 0 Å². The van der Waals surface area contributed by atoms with Gasteiger partial charge in [-0.3, -0.25) is 4.40 Å². The predicted octanol–water partition coefficient (Wildman–Crippen LogP) is 16.0. The molecule has 10 aromatic carbocycles. The van der Waals surface area contributed by atoms with E-state index in [0.717, 1.165) is 27.9 Å². The van der Waals surface area contributed by atoms with Crippen LogP contribution in [-0.2, 0) is 5.41 Å². The van der Waals surface area contributed by atoms with E-state index in [1.54, 1.807) is 0 Å². The Balaban J connectivity index is 1.01. The molecule has 0 spiro atoms. The number of rotatable bonds is 4. The van der Waals surface area contributed by atoms with Crippen molar-refractivity contribution in [2.75, 3.05) is 0 Å². The summed E-state index contributed by atoms with van der Waals surface area (Å²) in [5.74, 6) is 0. The van der Waals surface area contributed by atoms with Crippen LogP contribution in [0, 0.1) is 0 Å². The maximum absolute atomic E-state index is 5.60. The van der Waals surface area contributed by atoms with Gasteiger partial charge in [-0.2, -0.15) is 0 Å². The van der Waals surface area contributed by atoms with Crippen LogP contribution < -0.4 is 0 Å². The second-order valence-electron chi connectivity index (χ2n) is 17.0. The van der Waals surface area contributed by atoms with Crippen LogP contribution in [0.25, 0.3) is 103 Å². The van der Waals surface area contributed by atoms with E-state index in [1.807, 2.05) is 11.3 Å². The van der Waals surface area contributed by atoms with Gasteiger partial charge in [-0.25, -0.2) is 4.98 Å². The Morgan fingerprint density at radius 3 is 1.84 bits per heavy atom. The normalized spacial score (nSPS) is 13.2. The van der Waals surface area contributed by atoms with Crippen molar-refractivity contribution in [3.05, 3.63) is 241 Å². The number of aromatic nitrogens is 2. The monoisotopic (exact) mass is 816 g/mol. The van der Waals surface area contributed by atoms with E-state index in [2.05, 4.69) is 223 Å². The Labute approximate surface area is 367 Å². The topological polar surface area (TPSA) is 17.3 Å². The van der Waals surface area contributed by atoms with E-state index in [0.29, 0.717) is 0 Å². The average Bonchev–Trinajstić information content (AvgIpc) is 4.04.